The smallest absolute Gasteiger partial charge is 0.227 e. The van der Waals surface area contributed by atoms with E-state index in [1.54, 1.807) is 35.2 Å². The first-order valence-corrected chi connectivity index (χ1v) is 11.3. The molecule has 0 N–H and O–H groups in total. The third-order valence-electron chi connectivity index (χ3n) is 5.04. The maximum Gasteiger partial charge on any atom is 0.227 e. The van der Waals surface area contributed by atoms with Gasteiger partial charge < -0.3 is 4.90 Å². The molecule has 0 bridgehead atoms. The number of carbonyl (C=O) groups excluding carboxylic acids is 2. The van der Waals surface area contributed by atoms with Gasteiger partial charge in [0.15, 0.2) is 16.8 Å². The van der Waals surface area contributed by atoms with Gasteiger partial charge in [0.2, 0.25) is 5.91 Å². The molecule has 1 saturated heterocycles. The van der Waals surface area contributed by atoms with E-state index in [-0.39, 0.29) is 17.4 Å². The minimum Gasteiger partial charge on any atom is -0.312 e. The standard InChI is InChI=1S/C23H21ClN4O2S/c1-2-13-28-22(17-5-9-18(24)10-6-17)25-26-23(28)31-15-20(29)16-7-11-19(12-8-16)27-14-3-4-21(27)30/h2,5-12H,1,3-4,13-15H2. The molecule has 2 heterocycles. The fourth-order valence-corrected chi connectivity index (χ4v) is 4.43. The molecule has 0 unspecified atom stereocenters. The Balaban J connectivity index is 1.46. The van der Waals surface area contributed by atoms with Gasteiger partial charge in [-0.1, -0.05) is 29.4 Å². The Morgan fingerprint density at radius 2 is 1.87 bits per heavy atom. The first kappa shape index (κ1) is 21.3. The van der Waals surface area contributed by atoms with Crippen LogP contribution in [0.1, 0.15) is 23.2 Å². The van der Waals surface area contributed by atoms with Crippen molar-refractivity contribution in [3.05, 3.63) is 71.8 Å². The number of rotatable bonds is 8. The molecule has 0 saturated carbocycles. The minimum atomic E-state index is -0.00880. The lowest BCUT2D eigenvalue weighted by atomic mass is 10.1. The normalized spacial score (nSPS) is 13.6. The molecule has 158 valence electrons. The third-order valence-corrected chi connectivity index (χ3v) is 6.26. The van der Waals surface area contributed by atoms with Crippen LogP contribution in [0.15, 0.2) is 66.3 Å². The number of halogens is 1. The number of benzene rings is 2. The molecule has 8 heteroatoms. The largest absolute Gasteiger partial charge is 0.312 e. The number of nitrogens with zero attached hydrogens (tertiary/aromatic N) is 4. The fourth-order valence-electron chi connectivity index (χ4n) is 3.46. The highest BCUT2D eigenvalue weighted by Gasteiger charge is 2.22. The van der Waals surface area contributed by atoms with Gasteiger partial charge in [0, 0.05) is 41.3 Å². The number of thioether (sulfide) groups is 1. The molecule has 31 heavy (non-hydrogen) atoms. The molecule has 4 rings (SSSR count). The maximum atomic E-state index is 12.7. The highest BCUT2D eigenvalue weighted by atomic mass is 35.5. The van der Waals surface area contributed by atoms with E-state index < -0.39 is 0 Å². The summed E-state index contributed by atoms with van der Waals surface area (Å²) in [6.07, 6.45) is 3.23. The molecule has 1 amide bonds. The van der Waals surface area contributed by atoms with Crippen LogP contribution in [0.25, 0.3) is 11.4 Å². The number of hydrogen-bond acceptors (Lipinski definition) is 5. The number of ketones is 1. The van der Waals surface area contributed by atoms with Crippen LogP contribution in [0.5, 0.6) is 0 Å². The predicted molar refractivity (Wildman–Crippen MR) is 124 cm³/mol. The van der Waals surface area contributed by atoms with E-state index in [1.165, 1.54) is 11.8 Å². The molecule has 1 aliphatic heterocycles. The number of amides is 1. The van der Waals surface area contributed by atoms with Crippen molar-refractivity contribution >= 4 is 40.7 Å². The molecule has 0 radical (unpaired) electrons. The van der Waals surface area contributed by atoms with Gasteiger partial charge in [-0.3, -0.25) is 14.2 Å². The van der Waals surface area contributed by atoms with Crippen LogP contribution in [-0.4, -0.2) is 38.8 Å². The molecule has 0 aliphatic carbocycles. The van der Waals surface area contributed by atoms with E-state index in [0.717, 1.165) is 24.2 Å². The lowest BCUT2D eigenvalue weighted by Crippen LogP contribution is -2.23. The molecular weight excluding hydrogens is 432 g/mol. The first-order valence-electron chi connectivity index (χ1n) is 9.93. The summed E-state index contributed by atoms with van der Waals surface area (Å²) in [7, 11) is 0. The molecule has 2 aromatic carbocycles. The fraction of sp³-hybridized carbons (Fsp3) is 0.217. The Bertz CT molecular complexity index is 1110. The molecule has 1 aromatic heterocycles. The zero-order chi connectivity index (χ0) is 21.8. The molecule has 0 spiro atoms. The van der Waals surface area contributed by atoms with Gasteiger partial charge in [-0.05, 0) is 55.0 Å². The van der Waals surface area contributed by atoms with Crippen LogP contribution in [0, 0.1) is 0 Å². The van der Waals surface area contributed by atoms with Gasteiger partial charge >= 0.3 is 0 Å². The van der Waals surface area contributed by atoms with E-state index in [4.69, 9.17) is 11.6 Å². The van der Waals surface area contributed by atoms with E-state index in [9.17, 15) is 9.59 Å². The summed E-state index contributed by atoms with van der Waals surface area (Å²) in [5, 5.41) is 9.88. The Morgan fingerprint density at radius 1 is 1.13 bits per heavy atom. The number of carbonyl (C=O) groups is 2. The highest BCUT2D eigenvalue weighted by molar-refractivity contribution is 7.99. The Morgan fingerprint density at radius 3 is 2.52 bits per heavy atom. The van der Waals surface area contributed by atoms with Gasteiger partial charge in [0.1, 0.15) is 0 Å². The molecule has 6 nitrogen and oxygen atoms in total. The Hall–Kier alpha value is -2.90. The van der Waals surface area contributed by atoms with Crippen LogP contribution in [-0.2, 0) is 11.3 Å². The topological polar surface area (TPSA) is 68.1 Å². The van der Waals surface area contributed by atoms with Gasteiger partial charge in [0.25, 0.3) is 0 Å². The zero-order valence-electron chi connectivity index (χ0n) is 16.8. The number of anilines is 1. The van der Waals surface area contributed by atoms with Crippen molar-refractivity contribution in [1.82, 2.24) is 14.8 Å². The summed E-state index contributed by atoms with van der Waals surface area (Å²) in [5.74, 6) is 1.06. The maximum absolute atomic E-state index is 12.7. The SMILES string of the molecule is C=CCn1c(SCC(=O)c2ccc(N3CCCC3=O)cc2)nnc1-c1ccc(Cl)cc1. The molecule has 1 fully saturated rings. The van der Waals surface area contributed by atoms with Crippen molar-refractivity contribution in [3.63, 3.8) is 0 Å². The Kier molecular flexibility index (Phi) is 6.53. The van der Waals surface area contributed by atoms with Gasteiger partial charge in [0.05, 0.1) is 5.75 Å². The van der Waals surface area contributed by atoms with Crippen molar-refractivity contribution < 1.29 is 9.59 Å². The molecular formula is C23H21ClN4O2S. The summed E-state index contributed by atoms with van der Waals surface area (Å²) in [5.41, 5.74) is 2.34. The van der Waals surface area contributed by atoms with Crippen LogP contribution in [0.2, 0.25) is 5.02 Å². The monoisotopic (exact) mass is 452 g/mol. The quantitative estimate of drug-likeness (QED) is 0.276. The van der Waals surface area contributed by atoms with E-state index in [0.29, 0.717) is 34.5 Å². The summed E-state index contributed by atoms with van der Waals surface area (Å²) in [4.78, 5) is 26.4. The highest BCUT2D eigenvalue weighted by Crippen LogP contribution is 2.26. The van der Waals surface area contributed by atoms with Crippen LogP contribution >= 0.6 is 23.4 Å². The average molecular weight is 453 g/mol. The minimum absolute atomic E-state index is 0.00880. The lowest BCUT2D eigenvalue weighted by Gasteiger charge is -2.15. The second-order valence-electron chi connectivity index (χ2n) is 7.12. The summed E-state index contributed by atoms with van der Waals surface area (Å²) in [6.45, 7) is 5.07. The average Bonchev–Trinajstić information content (AvgIpc) is 3.39. The summed E-state index contributed by atoms with van der Waals surface area (Å²) in [6, 6.07) is 14.6. The van der Waals surface area contributed by atoms with Crippen molar-refractivity contribution in [2.24, 2.45) is 0 Å². The second kappa shape index (κ2) is 9.49. The first-order chi connectivity index (χ1) is 15.1. The van der Waals surface area contributed by atoms with Crippen molar-refractivity contribution in [3.8, 4) is 11.4 Å². The van der Waals surface area contributed by atoms with E-state index >= 15 is 0 Å². The third kappa shape index (κ3) is 4.73. The second-order valence-corrected chi connectivity index (χ2v) is 8.50. The summed E-state index contributed by atoms with van der Waals surface area (Å²) >= 11 is 7.32. The number of aromatic nitrogens is 3. The van der Waals surface area contributed by atoms with Crippen LogP contribution in [0.4, 0.5) is 5.69 Å². The molecule has 1 aliphatic rings. The van der Waals surface area contributed by atoms with Crippen LogP contribution in [0.3, 0.4) is 0 Å². The molecule has 0 atom stereocenters. The van der Waals surface area contributed by atoms with E-state index in [1.807, 2.05) is 28.8 Å². The van der Waals surface area contributed by atoms with Crippen LogP contribution < -0.4 is 4.90 Å². The predicted octanol–water partition coefficient (Wildman–Crippen LogP) is 4.89. The summed E-state index contributed by atoms with van der Waals surface area (Å²) < 4.78 is 1.93. The number of hydrogen-bond donors (Lipinski definition) is 0. The van der Waals surface area contributed by atoms with Crippen molar-refractivity contribution in [2.75, 3.05) is 17.2 Å². The van der Waals surface area contributed by atoms with Gasteiger partial charge in [-0.25, -0.2) is 0 Å². The van der Waals surface area contributed by atoms with Gasteiger partial charge in [-0.2, -0.15) is 0 Å². The number of allylic oxidation sites excluding steroid dienone is 1. The number of Topliss-reactive ketones (excluding diaryl/α,β-unsaturated/α-hetero) is 1. The Labute approximate surface area is 189 Å². The lowest BCUT2D eigenvalue weighted by molar-refractivity contribution is -0.117. The van der Waals surface area contributed by atoms with Gasteiger partial charge in [-0.15, -0.1) is 16.8 Å². The zero-order valence-corrected chi connectivity index (χ0v) is 18.4. The van der Waals surface area contributed by atoms with Crippen molar-refractivity contribution in [1.29, 1.82) is 0 Å². The van der Waals surface area contributed by atoms with Crippen molar-refractivity contribution in [2.45, 2.75) is 24.5 Å². The van der Waals surface area contributed by atoms with E-state index in [2.05, 4.69) is 16.8 Å². The molecule has 3 aromatic rings.